The molecule has 314 valence electrons. The van der Waals surface area contributed by atoms with Gasteiger partial charge in [-0.15, -0.1) is 11.3 Å². The molecule has 0 atom stereocenters. The molecule has 11 aromatic carbocycles. The first-order valence-corrected chi connectivity index (χ1v) is 23.7. The maximum absolute atomic E-state index is 6.73. The Bertz CT molecular complexity index is 3830. The monoisotopic (exact) mass is 872 g/mol. The van der Waals surface area contributed by atoms with Crippen molar-refractivity contribution in [2.75, 3.05) is 9.80 Å². The van der Waals surface area contributed by atoms with Crippen LogP contribution in [0.4, 0.5) is 34.1 Å². The van der Waals surface area contributed by atoms with Crippen LogP contribution in [0.5, 0.6) is 11.5 Å². The molecular formula is C63H40N2OS. The molecule has 3 nitrogen and oxygen atoms in total. The minimum Gasteiger partial charge on any atom is -0.457 e. The van der Waals surface area contributed by atoms with Gasteiger partial charge < -0.3 is 14.5 Å². The molecule has 4 heteroatoms. The number of para-hydroxylation sites is 5. The number of nitrogens with zero attached hydrogens (tertiary/aromatic N) is 2. The lowest BCUT2D eigenvalue weighted by Crippen LogP contribution is -2.32. The zero-order chi connectivity index (χ0) is 44.1. The lowest BCUT2D eigenvalue weighted by atomic mass is 9.66. The fourth-order valence-corrected chi connectivity index (χ4v) is 12.7. The highest BCUT2D eigenvalue weighted by atomic mass is 32.1. The highest BCUT2D eigenvalue weighted by Crippen LogP contribution is 2.63. The van der Waals surface area contributed by atoms with Crippen LogP contribution < -0.4 is 14.5 Å². The molecule has 0 saturated carbocycles. The van der Waals surface area contributed by atoms with Crippen molar-refractivity contribution in [3.63, 3.8) is 0 Å². The van der Waals surface area contributed by atoms with Crippen molar-refractivity contribution in [1.82, 2.24) is 0 Å². The molecule has 0 amide bonds. The molecule has 67 heavy (non-hydrogen) atoms. The Morgan fingerprint density at radius 2 is 0.746 bits per heavy atom. The third-order valence-corrected chi connectivity index (χ3v) is 15.3. The van der Waals surface area contributed by atoms with Crippen LogP contribution in [-0.2, 0) is 5.41 Å². The molecule has 12 aromatic rings. The van der Waals surface area contributed by atoms with Crippen LogP contribution in [-0.4, -0.2) is 0 Å². The van der Waals surface area contributed by atoms with E-state index in [1.807, 2.05) is 11.3 Å². The van der Waals surface area contributed by atoms with Crippen molar-refractivity contribution in [2.24, 2.45) is 0 Å². The lowest BCUT2D eigenvalue weighted by molar-refractivity contribution is 0.436. The Morgan fingerprint density at radius 3 is 1.28 bits per heavy atom. The van der Waals surface area contributed by atoms with E-state index < -0.39 is 5.41 Å². The van der Waals surface area contributed by atoms with Gasteiger partial charge in [-0.1, -0.05) is 170 Å². The summed E-state index contributed by atoms with van der Waals surface area (Å²) in [4.78, 5) is 4.94. The van der Waals surface area contributed by atoms with Crippen LogP contribution in [0.1, 0.15) is 22.3 Å². The second-order valence-electron chi connectivity index (χ2n) is 17.5. The Morgan fingerprint density at radius 1 is 0.328 bits per heavy atom. The minimum absolute atomic E-state index is 0.599. The maximum Gasteiger partial charge on any atom is 0.132 e. The molecule has 1 spiro atoms. The first kappa shape index (κ1) is 37.9. The Labute approximate surface area is 392 Å². The smallest absolute Gasteiger partial charge is 0.132 e. The van der Waals surface area contributed by atoms with Gasteiger partial charge in [0.05, 0.1) is 26.2 Å². The summed E-state index contributed by atoms with van der Waals surface area (Å²) in [5.41, 5.74) is 13.4. The van der Waals surface area contributed by atoms with Gasteiger partial charge in [0.2, 0.25) is 0 Å². The molecule has 0 fully saturated rings. The fourth-order valence-electron chi connectivity index (χ4n) is 11.3. The molecule has 14 rings (SSSR count). The van der Waals surface area contributed by atoms with Gasteiger partial charge in [0, 0.05) is 44.6 Å². The number of rotatable bonds is 6. The predicted molar refractivity (Wildman–Crippen MR) is 281 cm³/mol. The highest BCUT2D eigenvalue weighted by molar-refractivity contribution is 7.27. The SMILES string of the molecule is c1ccc(N(c2ccccc2)c2cc3ccccc3c3c2sc2c(N(c4ccccc4)c4ccc5c(c4)C4(c6ccccc6Oc6ccccc64)c4ccccc4-5)cc4ccccc4c23)cc1. The van der Waals surface area contributed by atoms with E-state index in [1.54, 1.807) is 0 Å². The minimum atomic E-state index is -0.599. The Hall–Kier alpha value is -8.44. The van der Waals surface area contributed by atoms with Gasteiger partial charge in [-0.05, 0) is 117 Å². The summed E-state index contributed by atoms with van der Waals surface area (Å²) in [5.74, 6) is 1.78. The molecule has 2 aliphatic rings. The number of thiophene rings is 1. The Kier molecular flexibility index (Phi) is 8.37. The summed E-state index contributed by atoms with van der Waals surface area (Å²) in [7, 11) is 0. The standard InChI is InChI=1S/C63H40N2OS/c1-4-22-43(23-5-1)64(44-24-6-2-7-25-44)55-38-41-20-10-12-28-47(41)59-60-48-29-13-11-21-42(48)39-56(62(60)67-61(55)59)65(45-26-8-3-9-27-45)46-36-37-50-49-30-14-15-31-51(49)63(54(50)40-46)52-32-16-18-34-57(52)66-58-35-19-17-33-53(58)63/h1-40H. The van der Waals surface area contributed by atoms with E-state index in [-0.39, 0.29) is 0 Å². The summed E-state index contributed by atoms with van der Waals surface area (Å²) in [6.07, 6.45) is 0. The summed E-state index contributed by atoms with van der Waals surface area (Å²) in [6, 6.07) is 88.6. The van der Waals surface area contributed by atoms with E-state index in [0.717, 1.165) is 56.8 Å². The van der Waals surface area contributed by atoms with Crippen molar-refractivity contribution >= 4 is 87.2 Å². The topological polar surface area (TPSA) is 15.7 Å². The number of hydrogen-bond donors (Lipinski definition) is 0. The van der Waals surface area contributed by atoms with Crippen LogP contribution >= 0.6 is 11.3 Å². The fraction of sp³-hybridized carbons (Fsp3) is 0.0159. The number of fused-ring (bicyclic) bond motifs is 16. The van der Waals surface area contributed by atoms with Crippen LogP contribution in [0, 0.1) is 0 Å². The number of benzene rings is 11. The van der Waals surface area contributed by atoms with E-state index in [1.165, 1.54) is 64.0 Å². The molecule has 0 bridgehead atoms. The average Bonchev–Trinajstić information content (AvgIpc) is 3.94. The van der Waals surface area contributed by atoms with E-state index in [9.17, 15) is 0 Å². The summed E-state index contributed by atoms with van der Waals surface area (Å²) < 4.78 is 9.20. The van der Waals surface area contributed by atoms with Crippen molar-refractivity contribution in [1.29, 1.82) is 0 Å². The third-order valence-electron chi connectivity index (χ3n) is 14.0. The summed E-state index contributed by atoms with van der Waals surface area (Å²) in [6.45, 7) is 0. The normalized spacial score (nSPS) is 13.0. The Balaban J connectivity index is 1.10. The van der Waals surface area contributed by atoms with Gasteiger partial charge in [-0.2, -0.15) is 0 Å². The molecule has 2 heterocycles. The molecule has 1 aliphatic heterocycles. The molecular weight excluding hydrogens is 833 g/mol. The van der Waals surface area contributed by atoms with E-state index in [4.69, 9.17) is 4.74 Å². The largest absolute Gasteiger partial charge is 0.457 e. The number of ether oxygens (including phenoxy) is 1. The molecule has 1 aromatic heterocycles. The van der Waals surface area contributed by atoms with Crippen LogP contribution in [0.15, 0.2) is 243 Å². The molecule has 0 radical (unpaired) electrons. The quantitative estimate of drug-likeness (QED) is 0.166. The van der Waals surface area contributed by atoms with Crippen LogP contribution in [0.2, 0.25) is 0 Å². The molecule has 0 unspecified atom stereocenters. The molecule has 0 N–H and O–H groups in total. The van der Waals surface area contributed by atoms with Crippen molar-refractivity contribution in [2.45, 2.75) is 5.41 Å². The first-order chi connectivity index (χ1) is 33.3. The van der Waals surface area contributed by atoms with Crippen LogP contribution in [0.25, 0.3) is 52.8 Å². The number of hydrogen-bond acceptors (Lipinski definition) is 4. The third kappa shape index (κ3) is 5.51. The van der Waals surface area contributed by atoms with Crippen LogP contribution in [0.3, 0.4) is 0 Å². The molecule has 0 saturated heterocycles. The van der Waals surface area contributed by atoms with Crippen molar-refractivity contribution in [3.05, 3.63) is 265 Å². The summed E-state index contributed by atoms with van der Waals surface area (Å²) >= 11 is 1.90. The first-order valence-electron chi connectivity index (χ1n) is 22.9. The second kappa shape index (κ2) is 14.8. The zero-order valence-electron chi connectivity index (χ0n) is 36.3. The summed E-state index contributed by atoms with van der Waals surface area (Å²) in [5, 5.41) is 7.43. The van der Waals surface area contributed by atoms with Gasteiger partial charge in [-0.25, -0.2) is 0 Å². The predicted octanol–water partition coefficient (Wildman–Crippen LogP) is 17.8. The zero-order valence-corrected chi connectivity index (χ0v) is 37.1. The second-order valence-corrected chi connectivity index (χ2v) is 18.6. The van der Waals surface area contributed by atoms with Gasteiger partial charge in [0.1, 0.15) is 11.5 Å². The van der Waals surface area contributed by atoms with E-state index in [2.05, 4.69) is 252 Å². The maximum atomic E-state index is 6.73. The average molecular weight is 873 g/mol. The van der Waals surface area contributed by atoms with Gasteiger partial charge in [0.25, 0.3) is 0 Å². The lowest BCUT2D eigenvalue weighted by Gasteiger charge is -2.39. The van der Waals surface area contributed by atoms with Gasteiger partial charge in [-0.3, -0.25) is 0 Å². The number of anilines is 6. The van der Waals surface area contributed by atoms with Crippen molar-refractivity contribution in [3.8, 4) is 22.6 Å². The molecule has 1 aliphatic carbocycles. The van der Waals surface area contributed by atoms with Crippen molar-refractivity contribution < 1.29 is 4.74 Å². The van der Waals surface area contributed by atoms with E-state index in [0.29, 0.717) is 0 Å². The van der Waals surface area contributed by atoms with E-state index >= 15 is 0 Å². The van der Waals surface area contributed by atoms with Gasteiger partial charge >= 0.3 is 0 Å². The van der Waals surface area contributed by atoms with Gasteiger partial charge in [0.15, 0.2) is 0 Å². The highest BCUT2D eigenvalue weighted by Gasteiger charge is 2.51.